The van der Waals surface area contributed by atoms with Crippen molar-refractivity contribution in [2.45, 2.75) is 68.6 Å². The van der Waals surface area contributed by atoms with Gasteiger partial charge in [0.15, 0.2) is 0 Å². The molecular formula is C53H47N. The zero-order chi connectivity index (χ0) is 35.2. The molecule has 1 heteroatoms. The van der Waals surface area contributed by atoms with E-state index in [4.69, 9.17) is 0 Å². The number of rotatable bonds is 4. The van der Waals surface area contributed by atoms with E-state index in [-0.39, 0.29) is 10.8 Å². The van der Waals surface area contributed by atoms with E-state index >= 15 is 0 Å². The molecule has 0 heterocycles. The molecule has 0 radical (unpaired) electrons. The quantitative estimate of drug-likeness (QED) is 0.177. The highest BCUT2D eigenvalue weighted by molar-refractivity contribution is 5.96. The lowest BCUT2D eigenvalue weighted by atomic mass is 9.43. The van der Waals surface area contributed by atoms with Gasteiger partial charge >= 0.3 is 0 Å². The molecule has 0 amide bonds. The highest BCUT2D eigenvalue weighted by atomic mass is 15.1. The zero-order valence-corrected chi connectivity index (χ0v) is 31.1. The molecule has 0 saturated heterocycles. The van der Waals surface area contributed by atoms with E-state index in [1.165, 1.54) is 108 Å². The third-order valence-electron chi connectivity index (χ3n) is 16.3. The predicted molar refractivity (Wildman–Crippen MR) is 221 cm³/mol. The van der Waals surface area contributed by atoms with Crippen LogP contribution in [-0.2, 0) is 10.8 Å². The average molecular weight is 698 g/mol. The summed E-state index contributed by atoms with van der Waals surface area (Å²) in [7, 11) is 0. The van der Waals surface area contributed by atoms with Crippen LogP contribution in [0.5, 0.6) is 0 Å². The fourth-order valence-corrected chi connectivity index (χ4v) is 14.8. The summed E-state index contributed by atoms with van der Waals surface area (Å²) in [4.78, 5) is 2.67. The predicted octanol–water partition coefficient (Wildman–Crippen LogP) is 13.6. The third-order valence-corrected chi connectivity index (χ3v) is 16.3. The fourth-order valence-electron chi connectivity index (χ4n) is 14.8. The first-order chi connectivity index (χ1) is 26.7. The van der Waals surface area contributed by atoms with Crippen molar-refractivity contribution in [3.63, 3.8) is 0 Å². The molecule has 0 aliphatic heterocycles. The van der Waals surface area contributed by atoms with Gasteiger partial charge in [0.05, 0.1) is 5.69 Å². The summed E-state index contributed by atoms with van der Waals surface area (Å²) in [5, 5.41) is 0. The maximum absolute atomic E-state index is 2.69. The second-order valence-corrected chi connectivity index (χ2v) is 18.5. The number of hydrogen-bond acceptors (Lipinski definition) is 1. The highest BCUT2D eigenvalue weighted by Crippen LogP contribution is 2.70. The summed E-state index contributed by atoms with van der Waals surface area (Å²) in [5.41, 5.74) is 19.0. The van der Waals surface area contributed by atoms with Crippen LogP contribution in [0, 0.1) is 35.5 Å². The van der Waals surface area contributed by atoms with Gasteiger partial charge in [-0.1, -0.05) is 116 Å². The summed E-state index contributed by atoms with van der Waals surface area (Å²) in [6, 6.07) is 54.5. The van der Waals surface area contributed by atoms with E-state index in [2.05, 4.69) is 144 Å². The van der Waals surface area contributed by atoms with Crippen LogP contribution in [0.3, 0.4) is 0 Å². The van der Waals surface area contributed by atoms with Gasteiger partial charge in [-0.15, -0.1) is 0 Å². The number of anilines is 3. The van der Waals surface area contributed by atoms with Crippen LogP contribution in [-0.4, -0.2) is 0 Å². The smallest absolute Gasteiger partial charge is 0.0543 e. The Kier molecular flexibility index (Phi) is 6.13. The van der Waals surface area contributed by atoms with Crippen molar-refractivity contribution in [3.8, 4) is 33.4 Å². The van der Waals surface area contributed by atoms with Crippen molar-refractivity contribution >= 4 is 17.1 Å². The summed E-state index contributed by atoms with van der Waals surface area (Å²) >= 11 is 0. The maximum atomic E-state index is 2.69. The molecule has 8 aliphatic carbocycles. The first-order valence-electron chi connectivity index (χ1n) is 21.1. The largest absolute Gasteiger partial charge is 0.310 e. The molecule has 3 atom stereocenters. The Balaban J connectivity index is 1.06. The molecule has 264 valence electrons. The van der Waals surface area contributed by atoms with Crippen LogP contribution < -0.4 is 4.90 Å². The van der Waals surface area contributed by atoms with Crippen molar-refractivity contribution in [3.05, 3.63) is 162 Å². The summed E-state index contributed by atoms with van der Waals surface area (Å²) in [6.45, 7) is 0. The van der Waals surface area contributed by atoms with Crippen LogP contribution in [0.1, 0.15) is 80.0 Å². The van der Waals surface area contributed by atoms with Crippen LogP contribution in [0.2, 0.25) is 0 Å². The molecular weight excluding hydrogens is 651 g/mol. The maximum Gasteiger partial charge on any atom is 0.0543 e. The lowest BCUT2D eigenvalue weighted by molar-refractivity contribution is -0.0399. The Morgan fingerprint density at radius 2 is 1.07 bits per heavy atom. The van der Waals surface area contributed by atoms with Crippen LogP contribution in [0.4, 0.5) is 17.1 Å². The number of benzene rings is 6. The van der Waals surface area contributed by atoms with Crippen molar-refractivity contribution in [2.75, 3.05) is 4.90 Å². The molecule has 6 aromatic rings. The van der Waals surface area contributed by atoms with Crippen molar-refractivity contribution in [1.82, 2.24) is 0 Å². The first kappa shape index (κ1) is 30.4. The van der Waals surface area contributed by atoms with E-state index in [9.17, 15) is 0 Å². The third kappa shape index (κ3) is 3.81. The molecule has 0 N–H and O–H groups in total. The molecule has 8 aliphatic rings. The van der Waals surface area contributed by atoms with Crippen molar-refractivity contribution in [1.29, 1.82) is 0 Å². The minimum atomic E-state index is 0.130. The van der Waals surface area contributed by atoms with Gasteiger partial charge in [-0.3, -0.25) is 0 Å². The molecule has 14 rings (SSSR count). The molecule has 54 heavy (non-hydrogen) atoms. The van der Waals surface area contributed by atoms with Gasteiger partial charge < -0.3 is 4.90 Å². The minimum absolute atomic E-state index is 0.130. The Bertz CT molecular complexity index is 2480. The molecule has 6 aromatic carbocycles. The molecule has 6 fully saturated rings. The second kappa shape index (κ2) is 10.9. The minimum Gasteiger partial charge on any atom is -0.310 e. The summed E-state index contributed by atoms with van der Waals surface area (Å²) in [6.07, 6.45) is 12.6. The van der Waals surface area contributed by atoms with Crippen LogP contribution >= 0.6 is 0 Å². The number of hydrogen-bond donors (Lipinski definition) is 0. The summed E-state index contributed by atoms with van der Waals surface area (Å²) < 4.78 is 0. The van der Waals surface area contributed by atoms with E-state index < -0.39 is 0 Å². The SMILES string of the molecule is c1ccc(-c2cccc(N(c3ccc4c(c3)[C@]3(c5ccccc5-4)[C@@H]4CC5C[C@@H](C4)C[C@@H]3C5)c3cccc4c3-c3ccccc3[C@@]43C[C@H]4CC[C@@H]3C4)c2)cc1. The molecule has 6 bridgehead atoms. The van der Waals surface area contributed by atoms with Gasteiger partial charge in [0.2, 0.25) is 0 Å². The monoisotopic (exact) mass is 697 g/mol. The van der Waals surface area contributed by atoms with Crippen LogP contribution in [0.25, 0.3) is 33.4 Å². The van der Waals surface area contributed by atoms with Gasteiger partial charge in [0.1, 0.15) is 0 Å². The summed E-state index contributed by atoms with van der Waals surface area (Å²) in [5.74, 6) is 4.94. The van der Waals surface area contributed by atoms with Crippen molar-refractivity contribution < 1.29 is 0 Å². The Morgan fingerprint density at radius 1 is 0.426 bits per heavy atom. The van der Waals surface area contributed by atoms with E-state index in [0.717, 1.165) is 35.5 Å². The van der Waals surface area contributed by atoms with E-state index in [0.29, 0.717) is 0 Å². The Morgan fingerprint density at radius 3 is 1.85 bits per heavy atom. The topological polar surface area (TPSA) is 3.24 Å². The Labute approximate surface area is 320 Å². The number of nitrogens with zero attached hydrogens (tertiary/aromatic N) is 1. The van der Waals surface area contributed by atoms with Gasteiger partial charge in [-0.05, 0) is 167 Å². The first-order valence-corrected chi connectivity index (χ1v) is 21.1. The van der Waals surface area contributed by atoms with E-state index in [1.54, 1.807) is 22.3 Å². The molecule has 1 nitrogen and oxygen atoms in total. The van der Waals surface area contributed by atoms with Gasteiger partial charge in [-0.2, -0.15) is 0 Å². The van der Waals surface area contributed by atoms with Crippen LogP contribution in [0.15, 0.2) is 140 Å². The molecule has 0 aromatic heterocycles. The Hall–Kier alpha value is -4.88. The zero-order valence-electron chi connectivity index (χ0n) is 31.1. The molecule has 6 saturated carbocycles. The molecule has 0 unspecified atom stereocenters. The average Bonchev–Trinajstić information content (AvgIpc) is 3.98. The number of fused-ring (bicyclic) bond motifs is 11. The normalized spacial score (nSPS) is 31.2. The second-order valence-electron chi connectivity index (χ2n) is 18.5. The standard InChI is InChI=1S/C53H47N/c1-2-10-36(11-3-1)37-12-8-13-41(30-37)54(50-19-9-18-48-51(50)45-15-5-6-16-46(45)52(48)32-33-20-21-38(52)25-33)42-22-23-44-43-14-4-7-17-47(43)53(49(44)31-42)39-26-34-24-35(28-39)29-40(53)27-34/h1-19,22-23,30-31,33-35,38-40H,20-21,24-29,32H2/t33-,34-,35?,38+,39-,40+,52-,53+/m0/s1. The van der Waals surface area contributed by atoms with Crippen molar-refractivity contribution in [2.24, 2.45) is 35.5 Å². The fraction of sp³-hybridized carbons (Fsp3) is 0.321. The van der Waals surface area contributed by atoms with Gasteiger partial charge in [0, 0.05) is 27.8 Å². The van der Waals surface area contributed by atoms with Gasteiger partial charge in [0.25, 0.3) is 0 Å². The lowest BCUT2D eigenvalue weighted by Gasteiger charge is -2.61. The van der Waals surface area contributed by atoms with Gasteiger partial charge in [-0.25, -0.2) is 0 Å². The molecule has 2 spiro atoms. The highest BCUT2D eigenvalue weighted by Gasteiger charge is 2.62. The van der Waals surface area contributed by atoms with E-state index in [1.807, 2.05) is 0 Å². The lowest BCUT2D eigenvalue weighted by Crippen LogP contribution is -2.55.